The van der Waals surface area contributed by atoms with E-state index in [0.717, 1.165) is 12.8 Å². The smallest absolute Gasteiger partial charge is 0.276 e. The van der Waals surface area contributed by atoms with Crippen LogP contribution in [0.15, 0.2) is 18.2 Å². The Kier molecular flexibility index (Phi) is 5.76. The maximum atomic E-state index is 10.9. The molecular weight excluding hydrogens is 260 g/mol. The van der Waals surface area contributed by atoms with E-state index in [0.29, 0.717) is 18.1 Å². The molecule has 0 saturated heterocycles. The Morgan fingerprint density at radius 3 is 2.35 bits per heavy atom. The third kappa shape index (κ3) is 5.05. The fraction of sp³-hybridized carbons (Fsp3) is 0.571. The molecule has 1 unspecified atom stereocenters. The van der Waals surface area contributed by atoms with Crippen LogP contribution in [0, 0.1) is 10.1 Å². The summed E-state index contributed by atoms with van der Waals surface area (Å²) in [4.78, 5) is 10.4. The van der Waals surface area contributed by atoms with Crippen molar-refractivity contribution < 1.29 is 14.4 Å². The molecule has 6 nitrogen and oxygen atoms in total. The first kappa shape index (κ1) is 16.2. The zero-order valence-corrected chi connectivity index (χ0v) is 12.2. The van der Waals surface area contributed by atoms with E-state index in [9.17, 15) is 10.1 Å². The van der Waals surface area contributed by atoms with E-state index in [2.05, 4.69) is 0 Å². The molecule has 0 aliphatic rings. The molecule has 0 spiro atoms. The molecule has 0 saturated carbocycles. The van der Waals surface area contributed by atoms with Gasteiger partial charge < -0.3 is 15.2 Å². The van der Waals surface area contributed by atoms with Crippen molar-refractivity contribution in [2.45, 2.75) is 39.2 Å². The van der Waals surface area contributed by atoms with E-state index < -0.39 is 10.5 Å². The normalized spacial score (nSPS) is 13.6. The second kappa shape index (κ2) is 7.09. The fourth-order valence-corrected chi connectivity index (χ4v) is 1.40. The van der Waals surface area contributed by atoms with E-state index >= 15 is 0 Å². The summed E-state index contributed by atoms with van der Waals surface area (Å²) in [6.07, 6.45) is 1.58. The van der Waals surface area contributed by atoms with E-state index in [1.54, 1.807) is 6.07 Å². The minimum atomic E-state index is -0.465. The van der Waals surface area contributed by atoms with Crippen molar-refractivity contribution in [3.8, 4) is 11.5 Å². The number of nitrogens with two attached hydrogens (primary N) is 1. The number of nitro groups is 1. The summed E-state index contributed by atoms with van der Waals surface area (Å²) in [7, 11) is 0. The van der Waals surface area contributed by atoms with Crippen molar-refractivity contribution in [3.63, 3.8) is 0 Å². The molecule has 1 aromatic rings. The standard InChI is InChI=1S/C14H22N2O4/c1-4-6-19-12-7-11(16(17)18)8-13(9-12)20-10-14(3,15)5-2/h7-9H,4-6,10,15H2,1-3H3. The molecule has 0 fully saturated rings. The minimum Gasteiger partial charge on any atom is -0.493 e. The number of hydrogen-bond acceptors (Lipinski definition) is 5. The van der Waals surface area contributed by atoms with Gasteiger partial charge >= 0.3 is 0 Å². The highest BCUT2D eigenvalue weighted by Gasteiger charge is 2.18. The van der Waals surface area contributed by atoms with Gasteiger partial charge in [-0.3, -0.25) is 10.1 Å². The van der Waals surface area contributed by atoms with Gasteiger partial charge in [-0.25, -0.2) is 0 Å². The molecule has 0 aromatic heterocycles. The molecule has 0 bridgehead atoms. The highest BCUT2D eigenvalue weighted by atomic mass is 16.6. The maximum absolute atomic E-state index is 10.9. The van der Waals surface area contributed by atoms with E-state index in [4.69, 9.17) is 15.2 Å². The molecule has 0 aliphatic carbocycles. The highest BCUT2D eigenvalue weighted by Crippen LogP contribution is 2.28. The predicted molar refractivity (Wildman–Crippen MR) is 77.3 cm³/mol. The number of non-ortho nitro benzene ring substituents is 1. The lowest BCUT2D eigenvalue weighted by atomic mass is 10.0. The molecular formula is C14H22N2O4. The molecule has 0 amide bonds. The molecule has 1 atom stereocenters. The molecule has 0 radical (unpaired) electrons. The lowest BCUT2D eigenvalue weighted by Crippen LogP contribution is -2.41. The average Bonchev–Trinajstić information content (AvgIpc) is 2.43. The van der Waals surface area contributed by atoms with Crippen LogP contribution in [0.3, 0.4) is 0 Å². The third-order valence-corrected chi connectivity index (χ3v) is 2.92. The summed E-state index contributed by atoms with van der Waals surface area (Å²) < 4.78 is 11.0. The van der Waals surface area contributed by atoms with E-state index in [1.165, 1.54) is 12.1 Å². The largest absolute Gasteiger partial charge is 0.493 e. The van der Waals surface area contributed by atoms with Gasteiger partial charge in [0.25, 0.3) is 5.69 Å². The Bertz CT molecular complexity index is 460. The van der Waals surface area contributed by atoms with Crippen LogP contribution in [-0.2, 0) is 0 Å². The lowest BCUT2D eigenvalue weighted by Gasteiger charge is -2.22. The molecule has 1 aromatic carbocycles. The summed E-state index contributed by atoms with van der Waals surface area (Å²) in [6, 6.07) is 4.42. The average molecular weight is 282 g/mol. The van der Waals surface area contributed by atoms with Gasteiger partial charge in [0.05, 0.1) is 23.7 Å². The van der Waals surface area contributed by atoms with Gasteiger partial charge in [0.1, 0.15) is 18.1 Å². The Hall–Kier alpha value is -1.82. The van der Waals surface area contributed by atoms with Crippen LogP contribution in [0.1, 0.15) is 33.6 Å². The lowest BCUT2D eigenvalue weighted by molar-refractivity contribution is -0.385. The van der Waals surface area contributed by atoms with E-state index in [-0.39, 0.29) is 12.3 Å². The number of hydrogen-bond donors (Lipinski definition) is 1. The van der Waals surface area contributed by atoms with Crippen LogP contribution in [0.4, 0.5) is 5.69 Å². The first-order valence-electron chi connectivity index (χ1n) is 6.72. The zero-order chi connectivity index (χ0) is 15.2. The Labute approximate surface area is 119 Å². The van der Waals surface area contributed by atoms with E-state index in [1.807, 2.05) is 20.8 Å². The first-order valence-corrected chi connectivity index (χ1v) is 6.72. The zero-order valence-electron chi connectivity index (χ0n) is 12.2. The molecule has 1 rings (SSSR count). The number of benzene rings is 1. The Morgan fingerprint density at radius 2 is 1.85 bits per heavy atom. The highest BCUT2D eigenvalue weighted by molar-refractivity contribution is 5.46. The van der Waals surface area contributed by atoms with Crippen molar-refractivity contribution in [3.05, 3.63) is 28.3 Å². The topological polar surface area (TPSA) is 87.6 Å². The quantitative estimate of drug-likeness (QED) is 0.585. The van der Waals surface area contributed by atoms with Gasteiger partial charge in [-0.15, -0.1) is 0 Å². The third-order valence-electron chi connectivity index (χ3n) is 2.92. The summed E-state index contributed by atoms with van der Waals surface area (Å²) in [6.45, 7) is 6.60. The monoisotopic (exact) mass is 282 g/mol. The molecule has 0 aliphatic heterocycles. The second-order valence-corrected chi connectivity index (χ2v) is 5.06. The minimum absolute atomic E-state index is 0.0520. The van der Waals surface area contributed by atoms with Crippen molar-refractivity contribution in [1.82, 2.24) is 0 Å². The van der Waals surface area contributed by atoms with Crippen LogP contribution in [0.25, 0.3) is 0 Å². The van der Waals surface area contributed by atoms with Crippen LogP contribution in [0.2, 0.25) is 0 Å². The molecule has 2 N–H and O–H groups in total. The Balaban J connectivity index is 2.88. The van der Waals surface area contributed by atoms with Crippen molar-refractivity contribution in [1.29, 1.82) is 0 Å². The van der Waals surface area contributed by atoms with Gasteiger partial charge in [0.15, 0.2) is 0 Å². The van der Waals surface area contributed by atoms with Gasteiger partial charge in [-0.2, -0.15) is 0 Å². The number of rotatable bonds is 8. The molecule has 112 valence electrons. The summed E-state index contributed by atoms with van der Waals surface area (Å²) in [5, 5.41) is 10.9. The van der Waals surface area contributed by atoms with Crippen LogP contribution in [-0.4, -0.2) is 23.7 Å². The van der Waals surface area contributed by atoms with Crippen molar-refractivity contribution >= 4 is 5.69 Å². The van der Waals surface area contributed by atoms with Crippen LogP contribution < -0.4 is 15.2 Å². The summed E-state index contributed by atoms with van der Waals surface area (Å²) >= 11 is 0. The van der Waals surface area contributed by atoms with Crippen LogP contribution in [0.5, 0.6) is 11.5 Å². The van der Waals surface area contributed by atoms with Crippen molar-refractivity contribution in [2.75, 3.05) is 13.2 Å². The number of nitrogens with zero attached hydrogens (tertiary/aromatic N) is 1. The number of ether oxygens (including phenoxy) is 2. The van der Waals surface area contributed by atoms with Gasteiger partial charge in [-0.1, -0.05) is 13.8 Å². The fourth-order valence-electron chi connectivity index (χ4n) is 1.40. The Morgan fingerprint density at radius 1 is 1.25 bits per heavy atom. The van der Waals surface area contributed by atoms with Gasteiger partial charge in [0, 0.05) is 11.6 Å². The predicted octanol–water partition coefficient (Wildman–Crippen LogP) is 2.89. The molecule has 6 heteroatoms. The molecule has 0 heterocycles. The first-order chi connectivity index (χ1) is 9.38. The summed E-state index contributed by atoms with van der Waals surface area (Å²) in [5.74, 6) is 0.835. The summed E-state index contributed by atoms with van der Waals surface area (Å²) in [5.41, 5.74) is 5.47. The van der Waals surface area contributed by atoms with Gasteiger partial charge in [-0.05, 0) is 19.8 Å². The van der Waals surface area contributed by atoms with Crippen molar-refractivity contribution in [2.24, 2.45) is 5.73 Å². The second-order valence-electron chi connectivity index (χ2n) is 5.06. The van der Waals surface area contributed by atoms with Crippen LogP contribution >= 0.6 is 0 Å². The van der Waals surface area contributed by atoms with Gasteiger partial charge in [0.2, 0.25) is 0 Å². The SMILES string of the molecule is CCCOc1cc(OCC(C)(N)CC)cc([N+](=O)[O-])c1. The molecule has 20 heavy (non-hydrogen) atoms. The number of nitro benzene ring substituents is 1. The maximum Gasteiger partial charge on any atom is 0.276 e.